The van der Waals surface area contributed by atoms with Crippen molar-refractivity contribution in [2.24, 2.45) is 0 Å². The van der Waals surface area contributed by atoms with Crippen molar-refractivity contribution in [1.82, 2.24) is 4.98 Å². The average molecular weight is 587 g/mol. The van der Waals surface area contributed by atoms with E-state index in [1.807, 2.05) is 6.07 Å². The second kappa shape index (κ2) is 10.4. The molecule has 0 bridgehead atoms. The van der Waals surface area contributed by atoms with Crippen LogP contribution in [-0.2, 0) is 5.41 Å². The van der Waals surface area contributed by atoms with Crippen molar-refractivity contribution in [2.75, 3.05) is 4.90 Å². The number of thiol groups is 2. The Hall–Kier alpha value is -3.51. The number of hydrogen-bond donors (Lipinski definition) is 2. The summed E-state index contributed by atoms with van der Waals surface area (Å²) in [5.41, 5.74) is 10.2. The highest BCUT2D eigenvalue weighted by molar-refractivity contribution is 7.82. The molecule has 1 aliphatic carbocycles. The van der Waals surface area contributed by atoms with E-state index >= 15 is 0 Å². The molecule has 2 unspecified atom stereocenters. The minimum atomic E-state index is -0.390. The van der Waals surface area contributed by atoms with Crippen molar-refractivity contribution >= 4 is 63.9 Å². The number of rotatable bonds is 6. The third-order valence-corrected chi connectivity index (χ3v) is 10.3. The second-order valence-electron chi connectivity index (χ2n) is 10.7. The van der Waals surface area contributed by atoms with Crippen molar-refractivity contribution in [1.29, 1.82) is 0 Å². The summed E-state index contributed by atoms with van der Waals surface area (Å²) in [4.78, 5) is 7.30. The van der Waals surface area contributed by atoms with Gasteiger partial charge in [0.2, 0.25) is 0 Å². The van der Waals surface area contributed by atoms with Gasteiger partial charge in [-0.3, -0.25) is 0 Å². The lowest BCUT2D eigenvalue weighted by Crippen LogP contribution is -2.41. The third-order valence-electron chi connectivity index (χ3n) is 8.35. The van der Waals surface area contributed by atoms with E-state index in [1.54, 1.807) is 11.3 Å². The maximum Gasteiger partial charge on any atom is 0.124 e. The molecule has 0 aliphatic heterocycles. The molecule has 1 aromatic heterocycles. The summed E-state index contributed by atoms with van der Waals surface area (Å²) < 4.78 is 1.20. The smallest absolute Gasteiger partial charge is 0.124 e. The Bertz CT molecular complexity index is 1780. The maximum absolute atomic E-state index is 5.18. The van der Waals surface area contributed by atoms with E-state index in [9.17, 15) is 0 Å². The first-order valence-corrected chi connectivity index (χ1v) is 15.7. The van der Waals surface area contributed by atoms with Crippen molar-refractivity contribution in [3.63, 3.8) is 0 Å². The van der Waals surface area contributed by atoms with Gasteiger partial charge >= 0.3 is 0 Å². The Kier molecular flexibility index (Phi) is 6.69. The van der Waals surface area contributed by atoms with E-state index in [2.05, 4.69) is 134 Å². The summed E-state index contributed by atoms with van der Waals surface area (Å²) in [7, 11) is 0. The van der Waals surface area contributed by atoms with Gasteiger partial charge in [-0.05, 0) is 76.9 Å². The van der Waals surface area contributed by atoms with Gasteiger partial charge in [0.25, 0.3) is 0 Å². The normalized spacial score (nSPS) is 17.2. The van der Waals surface area contributed by atoms with Crippen LogP contribution in [0.2, 0.25) is 0 Å². The molecule has 0 saturated heterocycles. The van der Waals surface area contributed by atoms with Gasteiger partial charge in [-0.15, -0.1) is 11.3 Å². The monoisotopic (exact) mass is 586 g/mol. The van der Waals surface area contributed by atoms with Gasteiger partial charge in [-0.2, -0.15) is 25.3 Å². The molecule has 202 valence electrons. The van der Waals surface area contributed by atoms with E-state index in [4.69, 9.17) is 30.2 Å². The number of nitrogens with zero attached hydrogens (tertiary/aromatic N) is 2. The number of para-hydroxylation sites is 3. The van der Waals surface area contributed by atoms with E-state index in [0.717, 1.165) is 33.1 Å². The van der Waals surface area contributed by atoms with E-state index < -0.39 is 5.41 Å². The van der Waals surface area contributed by atoms with Crippen molar-refractivity contribution < 1.29 is 0 Å². The molecule has 0 N–H and O–H groups in total. The molecule has 7 rings (SSSR count). The topological polar surface area (TPSA) is 16.1 Å². The van der Waals surface area contributed by atoms with Gasteiger partial charge in [0, 0.05) is 38.5 Å². The standard InChI is InChI=1S/C36H30N2S3/c1-23(39)36(24(2)40)31-21-25(35-37-33-15-9-10-16-34(33)41-35)17-19-29(31)30-20-18-28(22-32(30)36)38(26-11-5-3-6-12-26)27-13-7-4-8-14-27/h3-24,39-40H,1-2H3. The second-order valence-corrected chi connectivity index (χ2v) is 13.3. The Labute approximate surface area is 256 Å². The fourth-order valence-electron chi connectivity index (χ4n) is 6.49. The largest absolute Gasteiger partial charge is 0.310 e. The molecule has 5 heteroatoms. The highest BCUT2D eigenvalue weighted by Crippen LogP contribution is 2.57. The zero-order valence-corrected chi connectivity index (χ0v) is 25.5. The van der Waals surface area contributed by atoms with Crippen LogP contribution in [0, 0.1) is 0 Å². The molecule has 0 saturated carbocycles. The minimum absolute atomic E-state index is 0.0257. The van der Waals surface area contributed by atoms with Gasteiger partial charge in [0.15, 0.2) is 0 Å². The van der Waals surface area contributed by atoms with Crippen LogP contribution >= 0.6 is 36.6 Å². The average Bonchev–Trinajstić information content (AvgIpc) is 3.56. The summed E-state index contributed by atoms with van der Waals surface area (Å²) in [6, 6.07) is 43.2. The first-order chi connectivity index (χ1) is 20.0. The molecular formula is C36H30N2S3. The summed E-state index contributed by atoms with van der Waals surface area (Å²) in [5.74, 6) is 0. The van der Waals surface area contributed by atoms with E-state index in [0.29, 0.717) is 0 Å². The summed E-state index contributed by atoms with van der Waals surface area (Å²) in [5, 5.41) is 1.09. The fraction of sp³-hybridized carbons (Fsp3) is 0.139. The van der Waals surface area contributed by atoms with Crippen LogP contribution in [-0.4, -0.2) is 15.5 Å². The Balaban J connectivity index is 1.43. The number of anilines is 3. The van der Waals surface area contributed by atoms with Crippen molar-refractivity contribution in [3.05, 3.63) is 132 Å². The van der Waals surface area contributed by atoms with Gasteiger partial charge in [0.1, 0.15) is 5.01 Å². The first-order valence-electron chi connectivity index (χ1n) is 13.9. The van der Waals surface area contributed by atoms with Crippen LogP contribution in [0.4, 0.5) is 17.1 Å². The number of aromatic nitrogens is 1. The lowest BCUT2D eigenvalue weighted by molar-refractivity contribution is 0.521. The quantitative estimate of drug-likeness (QED) is 0.189. The molecule has 1 heterocycles. The van der Waals surface area contributed by atoms with Gasteiger partial charge in [-0.1, -0.05) is 80.6 Å². The number of thiazole rings is 1. The Morgan fingerprint density at radius 2 is 1.20 bits per heavy atom. The molecule has 2 atom stereocenters. The highest BCUT2D eigenvalue weighted by atomic mass is 32.1. The molecular weight excluding hydrogens is 557 g/mol. The van der Waals surface area contributed by atoms with Crippen LogP contribution in [0.5, 0.6) is 0 Å². The number of fused-ring (bicyclic) bond motifs is 4. The Morgan fingerprint density at radius 3 is 1.80 bits per heavy atom. The summed E-state index contributed by atoms with van der Waals surface area (Å²) in [6.07, 6.45) is 0. The number of hydrogen-bond acceptors (Lipinski definition) is 5. The molecule has 5 aromatic carbocycles. The molecule has 0 spiro atoms. The van der Waals surface area contributed by atoms with Gasteiger partial charge in [0.05, 0.1) is 10.2 Å². The van der Waals surface area contributed by atoms with Crippen LogP contribution in [0.15, 0.2) is 121 Å². The highest BCUT2D eigenvalue weighted by Gasteiger charge is 2.49. The van der Waals surface area contributed by atoms with Crippen molar-refractivity contribution in [2.45, 2.75) is 29.8 Å². The predicted molar refractivity (Wildman–Crippen MR) is 183 cm³/mol. The SMILES string of the molecule is CC(S)C1(C(C)S)c2cc(-c3nc4ccccc4s3)ccc2-c2ccc(N(c3ccccc3)c3ccccc3)cc21. The third kappa shape index (κ3) is 4.21. The van der Waals surface area contributed by atoms with Crippen LogP contribution in [0.25, 0.3) is 31.9 Å². The molecule has 2 nitrogen and oxygen atoms in total. The lowest BCUT2D eigenvalue weighted by Gasteiger charge is -2.39. The van der Waals surface area contributed by atoms with Crippen molar-refractivity contribution in [3.8, 4) is 21.7 Å². The predicted octanol–water partition coefficient (Wildman–Crippen LogP) is 10.3. The zero-order chi connectivity index (χ0) is 28.1. The Morgan fingerprint density at radius 1 is 0.634 bits per heavy atom. The van der Waals surface area contributed by atoms with Crippen LogP contribution in [0.1, 0.15) is 25.0 Å². The molecule has 0 amide bonds. The molecule has 6 aromatic rings. The molecule has 0 radical (unpaired) electrons. The molecule has 1 aliphatic rings. The van der Waals surface area contributed by atoms with Crippen LogP contribution in [0.3, 0.4) is 0 Å². The van der Waals surface area contributed by atoms with Gasteiger partial charge in [-0.25, -0.2) is 4.98 Å². The van der Waals surface area contributed by atoms with Gasteiger partial charge < -0.3 is 4.90 Å². The lowest BCUT2D eigenvalue weighted by atomic mass is 9.72. The minimum Gasteiger partial charge on any atom is -0.310 e. The summed E-state index contributed by atoms with van der Waals surface area (Å²) in [6.45, 7) is 4.41. The zero-order valence-electron chi connectivity index (χ0n) is 22.9. The van der Waals surface area contributed by atoms with E-state index in [1.165, 1.54) is 27.0 Å². The molecule has 0 fully saturated rings. The fourth-order valence-corrected chi connectivity index (χ4v) is 8.58. The molecule has 41 heavy (non-hydrogen) atoms. The summed E-state index contributed by atoms with van der Waals surface area (Å²) >= 11 is 12.1. The van der Waals surface area contributed by atoms with E-state index in [-0.39, 0.29) is 10.5 Å². The maximum atomic E-state index is 5.18. The first kappa shape index (κ1) is 26.4. The van der Waals surface area contributed by atoms with Crippen LogP contribution < -0.4 is 4.90 Å². The number of benzene rings is 5.